The van der Waals surface area contributed by atoms with Crippen molar-refractivity contribution >= 4 is 11.5 Å². The lowest BCUT2D eigenvalue weighted by atomic mass is 10.3. The van der Waals surface area contributed by atoms with Crippen LogP contribution in [0.1, 0.15) is 5.56 Å². The zero-order chi connectivity index (χ0) is 11.8. The average molecular weight is 225 g/mol. The molecule has 0 spiro atoms. The van der Waals surface area contributed by atoms with Crippen LogP contribution >= 0.6 is 0 Å². The Balaban J connectivity index is 2.24. The van der Waals surface area contributed by atoms with E-state index < -0.39 is 0 Å². The van der Waals surface area contributed by atoms with Crippen molar-refractivity contribution in [2.24, 2.45) is 0 Å². The number of nitrogen functional groups attached to an aromatic ring is 1. The topological polar surface area (TPSA) is 69.1 Å². The van der Waals surface area contributed by atoms with Crippen molar-refractivity contribution in [3.63, 3.8) is 0 Å². The number of anilines is 1. The molecule has 0 fully saturated rings. The minimum Gasteiger partial charge on any atom is -0.384 e. The van der Waals surface area contributed by atoms with Gasteiger partial charge in [-0.25, -0.2) is 4.98 Å². The third-order valence-corrected chi connectivity index (χ3v) is 2.57. The van der Waals surface area contributed by atoms with Crippen molar-refractivity contribution in [1.82, 2.24) is 19.6 Å². The Bertz CT molecular complexity index is 686. The third-order valence-electron chi connectivity index (χ3n) is 2.57. The summed E-state index contributed by atoms with van der Waals surface area (Å²) in [7, 11) is 0. The van der Waals surface area contributed by atoms with Crippen LogP contribution in [0.4, 0.5) is 5.82 Å². The highest BCUT2D eigenvalue weighted by atomic mass is 15.2. The van der Waals surface area contributed by atoms with Crippen LogP contribution in [0.2, 0.25) is 0 Å². The highest BCUT2D eigenvalue weighted by Crippen LogP contribution is 2.17. The molecule has 0 bridgehead atoms. The summed E-state index contributed by atoms with van der Waals surface area (Å²) in [5.41, 5.74) is 8.35. The highest BCUT2D eigenvalue weighted by molar-refractivity contribution is 5.57. The number of aromatic nitrogens is 4. The summed E-state index contributed by atoms with van der Waals surface area (Å²) in [5.74, 6) is 1.18. The summed E-state index contributed by atoms with van der Waals surface area (Å²) in [4.78, 5) is 4.24. The minimum absolute atomic E-state index is 0.478. The molecule has 0 atom stereocenters. The molecule has 3 heterocycles. The fourth-order valence-corrected chi connectivity index (χ4v) is 1.74. The first-order valence-corrected chi connectivity index (χ1v) is 5.28. The first-order chi connectivity index (χ1) is 8.24. The summed E-state index contributed by atoms with van der Waals surface area (Å²) >= 11 is 0. The summed E-state index contributed by atoms with van der Waals surface area (Å²) in [6, 6.07) is 9.45. The molecule has 0 radical (unpaired) electrons. The number of pyridine rings is 2. The second-order valence-corrected chi connectivity index (χ2v) is 3.90. The van der Waals surface area contributed by atoms with Crippen molar-refractivity contribution in [2.75, 3.05) is 5.73 Å². The molecule has 5 nitrogen and oxygen atoms in total. The van der Waals surface area contributed by atoms with Crippen LogP contribution in [0.15, 0.2) is 36.5 Å². The Morgan fingerprint density at radius 2 is 2.06 bits per heavy atom. The fraction of sp³-hybridized carbons (Fsp3) is 0.0833. The Labute approximate surface area is 97.9 Å². The van der Waals surface area contributed by atoms with Crippen LogP contribution in [0.5, 0.6) is 0 Å². The van der Waals surface area contributed by atoms with Gasteiger partial charge in [0.25, 0.3) is 0 Å². The summed E-state index contributed by atoms with van der Waals surface area (Å²) < 4.78 is 1.90. The molecule has 84 valence electrons. The maximum absolute atomic E-state index is 5.66. The summed E-state index contributed by atoms with van der Waals surface area (Å²) in [6.45, 7) is 2.02. The van der Waals surface area contributed by atoms with Crippen molar-refractivity contribution in [2.45, 2.75) is 6.92 Å². The molecule has 5 heteroatoms. The molecule has 0 unspecified atom stereocenters. The predicted octanol–water partition coefficient (Wildman–Crippen LogP) is 1.68. The standard InChI is InChI=1S/C12H11N5/c1-8-5-6-17-11(7-8)15-16-12(17)9-3-2-4-10(13)14-9/h2-7H,1H3,(H2,13,14). The predicted molar refractivity (Wildman–Crippen MR) is 65.4 cm³/mol. The van der Waals surface area contributed by atoms with Crippen LogP contribution < -0.4 is 5.73 Å². The van der Waals surface area contributed by atoms with E-state index in [1.54, 1.807) is 6.07 Å². The largest absolute Gasteiger partial charge is 0.384 e. The molecule has 0 aliphatic carbocycles. The third kappa shape index (κ3) is 1.61. The van der Waals surface area contributed by atoms with E-state index >= 15 is 0 Å². The van der Waals surface area contributed by atoms with E-state index in [1.807, 2.05) is 41.8 Å². The molecule has 3 aromatic heterocycles. The van der Waals surface area contributed by atoms with Gasteiger partial charge in [0.1, 0.15) is 11.5 Å². The van der Waals surface area contributed by atoms with Crippen LogP contribution in [0, 0.1) is 6.92 Å². The molecule has 0 aliphatic rings. The van der Waals surface area contributed by atoms with E-state index in [0.29, 0.717) is 11.6 Å². The molecule has 17 heavy (non-hydrogen) atoms. The van der Waals surface area contributed by atoms with Crippen LogP contribution in [-0.2, 0) is 0 Å². The van der Waals surface area contributed by atoms with E-state index in [2.05, 4.69) is 15.2 Å². The minimum atomic E-state index is 0.478. The van der Waals surface area contributed by atoms with Crippen LogP contribution in [-0.4, -0.2) is 19.6 Å². The highest BCUT2D eigenvalue weighted by Gasteiger charge is 2.08. The van der Waals surface area contributed by atoms with Crippen molar-refractivity contribution in [3.8, 4) is 11.5 Å². The van der Waals surface area contributed by atoms with Crippen molar-refractivity contribution in [3.05, 3.63) is 42.1 Å². The molecule has 0 aliphatic heterocycles. The molecule has 0 saturated heterocycles. The molecular weight excluding hydrogens is 214 g/mol. The molecule has 3 rings (SSSR count). The molecular formula is C12H11N5. The van der Waals surface area contributed by atoms with Gasteiger partial charge < -0.3 is 5.73 Å². The number of nitrogens with two attached hydrogens (primary N) is 1. The lowest BCUT2D eigenvalue weighted by molar-refractivity contribution is 1.09. The Morgan fingerprint density at radius 1 is 1.18 bits per heavy atom. The zero-order valence-electron chi connectivity index (χ0n) is 9.33. The van der Waals surface area contributed by atoms with Crippen molar-refractivity contribution in [1.29, 1.82) is 0 Å². The maximum atomic E-state index is 5.66. The van der Waals surface area contributed by atoms with Gasteiger partial charge in [0.05, 0.1) is 0 Å². The van der Waals surface area contributed by atoms with Gasteiger partial charge in [-0.15, -0.1) is 10.2 Å². The van der Waals surface area contributed by atoms with Gasteiger partial charge >= 0.3 is 0 Å². The number of hydrogen-bond donors (Lipinski definition) is 1. The average Bonchev–Trinajstić information content (AvgIpc) is 2.71. The van der Waals surface area contributed by atoms with E-state index in [1.165, 1.54) is 0 Å². The first-order valence-electron chi connectivity index (χ1n) is 5.28. The van der Waals surface area contributed by atoms with Gasteiger partial charge in [-0.05, 0) is 36.8 Å². The van der Waals surface area contributed by atoms with E-state index in [9.17, 15) is 0 Å². The molecule has 0 aromatic carbocycles. The van der Waals surface area contributed by atoms with Gasteiger partial charge in [-0.1, -0.05) is 6.07 Å². The molecule has 2 N–H and O–H groups in total. The van der Waals surface area contributed by atoms with E-state index in [-0.39, 0.29) is 0 Å². The van der Waals surface area contributed by atoms with Gasteiger partial charge in [0, 0.05) is 6.20 Å². The van der Waals surface area contributed by atoms with Crippen LogP contribution in [0.3, 0.4) is 0 Å². The monoisotopic (exact) mass is 225 g/mol. The zero-order valence-corrected chi connectivity index (χ0v) is 9.33. The Kier molecular flexibility index (Phi) is 2.04. The summed E-state index contributed by atoms with van der Waals surface area (Å²) in [6.07, 6.45) is 1.94. The lowest BCUT2D eigenvalue weighted by Gasteiger charge is -2.00. The Hall–Kier alpha value is -2.43. The first kappa shape index (κ1) is 9.77. The van der Waals surface area contributed by atoms with Gasteiger partial charge in [-0.2, -0.15) is 0 Å². The summed E-state index contributed by atoms with van der Waals surface area (Å²) in [5, 5.41) is 8.26. The number of rotatable bonds is 1. The number of hydrogen-bond acceptors (Lipinski definition) is 4. The number of nitrogens with zero attached hydrogens (tertiary/aromatic N) is 4. The van der Waals surface area contributed by atoms with Crippen molar-refractivity contribution < 1.29 is 0 Å². The molecule has 0 amide bonds. The van der Waals surface area contributed by atoms with Gasteiger partial charge in [0.2, 0.25) is 0 Å². The number of aryl methyl sites for hydroxylation is 1. The van der Waals surface area contributed by atoms with Gasteiger partial charge in [0.15, 0.2) is 11.5 Å². The van der Waals surface area contributed by atoms with Gasteiger partial charge in [-0.3, -0.25) is 4.40 Å². The SMILES string of the molecule is Cc1ccn2c(-c3cccc(N)n3)nnc2c1. The Morgan fingerprint density at radius 3 is 2.88 bits per heavy atom. The second-order valence-electron chi connectivity index (χ2n) is 3.90. The van der Waals surface area contributed by atoms with E-state index in [4.69, 9.17) is 5.73 Å². The lowest BCUT2D eigenvalue weighted by Crippen LogP contribution is -1.95. The second kappa shape index (κ2) is 3.55. The smallest absolute Gasteiger partial charge is 0.187 e. The quantitative estimate of drug-likeness (QED) is 0.684. The number of fused-ring (bicyclic) bond motifs is 1. The normalized spacial score (nSPS) is 10.9. The molecule has 3 aromatic rings. The van der Waals surface area contributed by atoms with Crippen LogP contribution in [0.25, 0.3) is 17.2 Å². The fourth-order valence-electron chi connectivity index (χ4n) is 1.74. The molecule has 0 saturated carbocycles. The maximum Gasteiger partial charge on any atom is 0.187 e. The van der Waals surface area contributed by atoms with E-state index in [0.717, 1.165) is 16.9 Å².